The second-order valence-corrected chi connectivity index (χ2v) is 2.57. The number of carboxylic acid groups (broad SMARTS) is 1. The van der Waals surface area contributed by atoms with Crippen LogP contribution in [0.25, 0.3) is 0 Å². The van der Waals surface area contributed by atoms with Crippen LogP contribution in [0.15, 0.2) is 22.7 Å². The Morgan fingerprint density at radius 2 is 2.56 bits per heavy atom. The summed E-state index contributed by atoms with van der Waals surface area (Å²) in [5, 5.41) is 9.13. The van der Waals surface area contributed by atoms with Gasteiger partial charge in [0.15, 0.2) is 5.54 Å². The first-order valence-corrected chi connectivity index (χ1v) is 3.31. The van der Waals surface area contributed by atoms with Gasteiger partial charge < -0.3 is 5.11 Å². The molecular formula is C6H6ClO2+. The summed E-state index contributed by atoms with van der Waals surface area (Å²) in [6.45, 7) is 0. The average Bonchev–Trinajstić information content (AvgIpc) is 2.15. The number of halogens is 1. The maximum absolute atomic E-state index is 10.1. The molecule has 0 aromatic carbocycles. The van der Waals surface area contributed by atoms with E-state index in [4.69, 9.17) is 5.11 Å². The van der Waals surface area contributed by atoms with Crippen molar-refractivity contribution in [2.45, 2.75) is 6.42 Å². The van der Waals surface area contributed by atoms with Crippen molar-refractivity contribution in [3.8, 4) is 0 Å². The highest BCUT2D eigenvalue weighted by Gasteiger charge is 2.17. The first-order valence-electron chi connectivity index (χ1n) is 2.50. The minimum atomic E-state index is -0.780. The van der Waals surface area contributed by atoms with Gasteiger partial charge in [-0.05, 0) is 0 Å². The van der Waals surface area contributed by atoms with Crippen LogP contribution < -0.4 is 0 Å². The normalized spacial score (nSPS) is 15.8. The summed E-state index contributed by atoms with van der Waals surface area (Å²) in [5.41, 5.74) is 1.82. The van der Waals surface area contributed by atoms with E-state index in [9.17, 15) is 4.79 Å². The molecule has 0 amide bonds. The van der Waals surface area contributed by atoms with Gasteiger partial charge >= 0.3 is 5.97 Å². The van der Waals surface area contributed by atoms with Crippen molar-refractivity contribution < 1.29 is 20.7 Å². The molecule has 0 fully saturated rings. The van der Waals surface area contributed by atoms with Crippen molar-refractivity contribution in [2.75, 3.05) is 0 Å². The lowest BCUT2D eigenvalue weighted by Crippen LogP contribution is -1.95. The van der Waals surface area contributed by atoms with Crippen LogP contribution in [-0.2, 0) is 4.79 Å². The van der Waals surface area contributed by atoms with Gasteiger partial charge in [-0.1, -0.05) is 0 Å². The number of hydrogen-bond acceptors (Lipinski definition) is 1. The number of hydrogen-bond donors (Lipinski definition) is 1. The summed E-state index contributed by atoms with van der Waals surface area (Å²) in [7, 11) is 1.91. The Balaban J connectivity index is 2.39. The number of allylic oxidation sites excluding steroid dienone is 2. The van der Waals surface area contributed by atoms with Crippen LogP contribution in [0.1, 0.15) is 6.42 Å². The fourth-order valence-corrected chi connectivity index (χ4v) is 1.18. The van der Waals surface area contributed by atoms with Crippen LogP contribution >= 0.6 is 0 Å². The predicted molar refractivity (Wildman–Crippen MR) is 29.5 cm³/mol. The van der Waals surface area contributed by atoms with Gasteiger partial charge in [-0.15, -0.1) is 0 Å². The molecule has 1 N–H and O–H groups in total. The fourth-order valence-electron chi connectivity index (χ4n) is 0.536. The fraction of sp³-hybridized carbons (Fsp3) is 0.167. The largest absolute Gasteiger partial charge is 0.481 e. The van der Waals surface area contributed by atoms with E-state index in [0.717, 1.165) is 5.03 Å². The van der Waals surface area contributed by atoms with Gasteiger partial charge in [0, 0.05) is 12.2 Å². The molecule has 3 heteroatoms. The second kappa shape index (κ2) is 2.69. The molecular weight excluding hydrogens is 140 g/mol. The molecule has 0 aliphatic carbocycles. The molecule has 1 heterocycles. The molecule has 0 aromatic heterocycles. The van der Waals surface area contributed by atoms with E-state index in [-0.39, 0.29) is 6.42 Å². The van der Waals surface area contributed by atoms with Gasteiger partial charge in [-0.2, -0.15) is 0 Å². The Hall–Kier alpha value is -0.760. The van der Waals surface area contributed by atoms with Crippen LogP contribution in [0.2, 0.25) is 0 Å². The third kappa shape index (κ3) is 1.90. The third-order valence-corrected chi connectivity index (χ3v) is 1.68. The molecule has 0 aromatic rings. The Morgan fingerprint density at radius 1 is 1.78 bits per heavy atom. The zero-order chi connectivity index (χ0) is 6.69. The van der Waals surface area contributed by atoms with Gasteiger partial charge in [-0.3, -0.25) is 4.79 Å². The smallest absolute Gasteiger partial charge is 0.313 e. The summed E-state index contributed by atoms with van der Waals surface area (Å²) in [4.78, 5) is 10.1. The van der Waals surface area contributed by atoms with E-state index >= 15 is 0 Å². The topological polar surface area (TPSA) is 37.3 Å². The van der Waals surface area contributed by atoms with Crippen molar-refractivity contribution in [2.24, 2.45) is 0 Å². The molecule has 1 aliphatic heterocycles. The maximum atomic E-state index is 10.1. The molecule has 48 valence electrons. The number of carbonyl (C=O) groups is 1. The Morgan fingerprint density at radius 3 is 3.00 bits per heavy atom. The Bertz CT molecular complexity index is 181. The number of aliphatic carboxylic acids is 1. The summed E-state index contributed by atoms with van der Waals surface area (Å²) in [6.07, 6.45) is 3.74. The van der Waals surface area contributed by atoms with E-state index in [2.05, 4.69) is 0 Å². The molecule has 0 spiro atoms. The summed E-state index contributed by atoms with van der Waals surface area (Å²) in [5.74, 6) is -0.780. The van der Waals surface area contributed by atoms with Gasteiger partial charge in [0.05, 0.1) is 0 Å². The molecule has 0 saturated carbocycles. The standard InChI is InChI=1S/C6H5ClO2/c8-6(9)4-5-2-1-3-7-5/h1-3H,4H2/p+1. The molecule has 0 atom stereocenters. The van der Waals surface area contributed by atoms with Gasteiger partial charge in [0.2, 0.25) is 15.8 Å². The second-order valence-electron chi connectivity index (χ2n) is 1.61. The summed E-state index contributed by atoms with van der Waals surface area (Å²) < 4.78 is 0. The molecule has 0 unspecified atom stereocenters. The zero-order valence-corrected chi connectivity index (χ0v) is 5.43. The monoisotopic (exact) mass is 145 g/mol. The van der Waals surface area contributed by atoms with E-state index in [1.54, 1.807) is 6.08 Å². The maximum Gasteiger partial charge on any atom is 0.313 e. The highest BCUT2D eigenvalue weighted by molar-refractivity contribution is 5.69. The van der Waals surface area contributed by atoms with Crippen molar-refractivity contribution in [3.63, 3.8) is 0 Å². The number of carboxylic acids is 1. The Labute approximate surface area is 56.6 Å². The molecule has 0 bridgehead atoms. The van der Waals surface area contributed by atoms with Crippen LogP contribution in [-0.4, -0.2) is 11.1 Å². The van der Waals surface area contributed by atoms with E-state index < -0.39 is 5.97 Å². The van der Waals surface area contributed by atoms with Gasteiger partial charge in [-0.25, -0.2) is 0 Å². The van der Waals surface area contributed by atoms with E-state index in [1.165, 1.54) is 0 Å². The Kier molecular flexibility index (Phi) is 1.90. The first-order chi connectivity index (χ1) is 4.29. The summed E-state index contributed by atoms with van der Waals surface area (Å²) in [6, 6.07) is 0. The quantitative estimate of drug-likeness (QED) is 0.629. The van der Waals surface area contributed by atoms with Crippen LogP contribution in [0.5, 0.6) is 0 Å². The highest BCUT2D eigenvalue weighted by atomic mass is 35.5. The predicted octanol–water partition coefficient (Wildman–Crippen LogP) is 0.957. The SMILES string of the molecule is O=C(O)CC1=CC=C[Cl+]1. The van der Waals surface area contributed by atoms with E-state index in [0.29, 0.717) is 0 Å². The van der Waals surface area contributed by atoms with Gasteiger partial charge in [0.25, 0.3) is 0 Å². The van der Waals surface area contributed by atoms with Crippen molar-refractivity contribution in [1.29, 1.82) is 0 Å². The van der Waals surface area contributed by atoms with Crippen molar-refractivity contribution in [3.05, 3.63) is 22.7 Å². The first kappa shape index (κ1) is 6.36. The molecule has 1 rings (SSSR count). The molecule has 0 saturated heterocycles. The number of rotatable bonds is 2. The van der Waals surface area contributed by atoms with Crippen LogP contribution in [0.3, 0.4) is 0 Å². The average molecular weight is 146 g/mol. The van der Waals surface area contributed by atoms with Crippen molar-refractivity contribution >= 4 is 5.97 Å². The molecule has 1 aliphatic rings. The lowest BCUT2D eigenvalue weighted by Gasteiger charge is -1.80. The van der Waals surface area contributed by atoms with Gasteiger partial charge in [0.1, 0.15) is 6.42 Å². The minimum Gasteiger partial charge on any atom is -0.481 e. The molecule has 0 radical (unpaired) electrons. The molecule has 2 nitrogen and oxygen atoms in total. The minimum absolute atomic E-state index is 0.126. The van der Waals surface area contributed by atoms with Crippen LogP contribution in [0.4, 0.5) is 0 Å². The molecule has 9 heavy (non-hydrogen) atoms. The third-order valence-electron chi connectivity index (χ3n) is 0.873. The van der Waals surface area contributed by atoms with Crippen molar-refractivity contribution in [1.82, 2.24) is 0 Å². The lowest BCUT2D eigenvalue weighted by atomic mass is 10.4. The zero-order valence-electron chi connectivity index (χ0n) is 4.67. The summed E-state index contributed by atoms with van der Waals surface area (Å²) >= 11 is 0. The lowest BCUT2D eigenvalue weighted by molar-refractivity contribution is -0.532. The van der Waals surface area contributed by atoms with E-state index in [1.807, 2.05) is 22.4 Å². The van der Waals surface area contributed by atoms with Crippen LogP contribution in [0, 0.1) is 10.8 Å². The highest BCUT2D eigenvalue weighted by Crippen LogP contribution is 2.10.